The van der Waals surface area contributed by atoms with Crippen LogP contribution in [0.2, 0.25) is 0 Å². The van der Waals surface area contributed by atoms with Gasteiger partial charge in [0.2, 0.25) is 0 Å². The van der Waals surface area contributed by atoms with Gasteiger partial charge in [-0.25, -0.2) is 4.98 Å². The minimum Gasteiger partial charge on any atom is -0.435 e. The average molecular weight is 381 g/mol. The van der Waals surface area contributed by atoms with Crippen LogP contribution in [-0.4, -0.2) is 53.5 Å². The van der Waals surface area contributed by atoms with Crippen molar-refractivity contribution in [3.05, 3.63) is 45.9 Å². The summed E-state index contributed by atoms with van der Waals surface area (Å²) in [5.74, 6) is -0.161. The number of nitrogens with zero attached hydrogens (tertiary/aromatic N) is 3. The molecule has 0 N–H and O–H groups in total. The lowest BCUT2D eigenvalue weighted by atomic mass is 10.1. The van der Waals surface area contributed by atoms with Crippen LogP contribution in [-0.2, 0) is 13.0 Å². The summed E-state index contributed by atoms with van der Waals surface area (Å²) in [5, 5.41) is 3.23. The molecule has 1 aromatic carbocycles. The predicted molar refractivity (Wildman–Crippen MR) is 95.7 cm³/mol. The van der Waals surface area contributed by atoms with Gasteiger partial charge in [0.15, 0.2) is 0 Å². The van der Waals surface area contributed by atoms with Gasteiger partial charge in [-0.2, -0.15) is 8.78 Å². The third-order valence-electron chi connectivity index (χ3n) is 4.25. The van der Waals surface area contributed by atoms with Crippen molar-refractivity contribution in [1.82, 2.24) is 14.8 Å². The lowest BCUT2D eigenvalue weighted by molar-refractivity contribution is -0.0499. The molecule has 5 nitrogen and oxygen atoms in total. The Labute approximate surface area is 155 Å². The van der Waals surface area contributed by atoms with Crippen LogP contribution >= 0.6 is 11.3 Å². The van der Waals surface area contributed by atoms with E-state index in [0.29, 0.717) is 18.7 Å². The minimum atomic E-state index is -2.90. The van der Waals surface area contributed by atoms with Crippen molar-refractivity contribution in [2.75, 3.05) is 26.2 Å². The Hall–Kier alpha value is -2.06. The number of piperazine rings is 1. The fourth-order valence-corrected chi connectivity index (χ4v) is 3.65. The van der Waals surface area contributed by atoms with Gasteiger partial charge in [0, 0.05) is 43.7 Å². The SMILES string of the molecule is CCc1nc(CN2CCN(C(=O)c3cccc(OC(F)F)c3)CC2)cs1. The second-order valence-corrected chi connectivity index (χ2v) is 7.00. The number of hydrogen-bond donors (Lipinski definition) is 0. The van der Waals surface area contributed by atoms with E-state index in [-0.39, 0.29) is 11.7 Å². The highest BCUT2D eigenvalue weighted by Gasteiger charge is 2.23. The monoisotopic (exact) mass is 381 g/mol. The molecule has 1 aliphatic rings. The number of aryl methyl sites for hydroxylation is 1. The molecule has 2 aromatic rings. The van der Waals surface area contributed by atoms with Crippen LogP contribution in [0.1, 0.15) is 28.0 Å². The van der Waals surface area contributed by atoms with Crippen molar-refractivity contribution in [1.29, 1.82) is 0 Å². The van der Waals surface area contributed by atoms with Crippen LogP contribution in [0, 0.1) is 0 Å². The van der Waals surface area contributed by atoms with E-state index in [9.17, 15) is 13.6 Å². The third kappa shape index (κ3) is 4.76. The average Bonchev–Trinajstić information content (AvgIpc) is 3.09. The Morgan fingerprint density at radius 1 is 1.31 bits per heavy atom. The first-order valence-electron chi connectivity index (χ1n) is 8.55. The molecule has 0 saturated carbocycles. The molecule has 3 rings (SSSR count). The van der Waals surface area contributed by atoms with Crippen LogP contribution < -0.4 is 4.74 Å². The zero-order chi connectivity index (χ0) is 18.5. The van der Waals surface area contributed by atoms with E-state index in [0.717, 1.165) is 36.8 Å². The Kier molecular flexibility index (Phi) is 6.16. The molecular formula is C18H21F2N3O2S. The van der Waals surface area contributed by atoms with Crippen molar-refractivity contribution < 1.29 is 18.3 Å². The van der Waals surface area contributed by atoms with Gasteiger partial charge in [-0.05, 0) is 24.6 Å². The minimum absolute atomic E-state index is 0.000235. The first kappa shape index (κ1) is 18.7. The first-order chi connectivity index (χ1) is 12.5. The second-order valence-electron chi connectivity index (χ2n) is 6.06. The molecule has 1 aromatic heterocycles. The van der Waals surface area contributed by atoms with E-state index in [2.05, 4.69) is 26.9 Å². The van der Waals surface area contributed by atoms with E-state index < -0.39 is 6.61 Å². The first-order valence-corrected chi connectivity index (χ1v) is 9.43. The molecule has 26 heavy (non-hydrogen) atoms. The van der Waals surface area contributed by atoms with E-state index in [1.54, 1.807) is 28.4 Å². The van der Waals surface area contributed by atoms with Crippen LogP contribution in [0.4, 0.5) is 8.78 Å². The number of carbonyl (C=O) groups excluding carboxylic acids is 1. The van der Waals surface area contributed by atoms with Crippen LogP contribution in [0.3, 0.4) is 0 Å². The van der Waals surface area contributed by atoms with E-state index in [4.69, 9.17) is 0 Å². The smallest absolute Gasteiger partial charge is 0.387 e. The predicted octanol–water partition coefficient (Wildman–Crippen LogP) is 3.26. The second kappa shape index (κ2) is 8.55. The Morgan fingerprint density at radius 3 is 2.73 bits per heavy atom. The van der Waals surface area contributed by atoms with Crippen LogP contribution in [0.5, 0.6) is 5.75 Å². The summed E-state index contributed by atoms with van der Waals surface area (Å²) in [4.78, 5) is 21.2. The van der Waals surface area contributed by atoms with Crippen LogP contribution in [0.15, 0.2) is 29.6 Å². The molecule has 1 aliphatic heterocycles. The lowest BCUT2D eigenvalue weighted by Gasteiger charge is -2.34. The number of alkyl halides is 2. The number of rotatable bonds is 6. The number of amides is 1. The van der Waals surface area contributed by atoms with Gasteiger partial charge in [-0.1, -0.05) is 13.0 Å². The molecule has 1 amide bonds. The normalized spacial score (nSPS) is 15.5. The number of carbonyl (C=O) groups is 1. The van der Waals surface area contributed by atoms with Gasteiger partial charge < -0.3 is 9.64 Å². The molecule has 0 spiro atoms. The van der Waals surface area contributed by atoms with Crippen molar-refractivity contribution >= 4 is 17.2 Å². The van der Waals surface area contributed by atoms with E-state index in [1.165, 1.54) is 12.1 Å². The fraction of sp³-hybridized carbons (Fsp3) is 0.444. The maximum absolute atomic E-state index is 12.6. The zero-order valence-corrected chi connectivity index (χ0v) is 15.3. The zero-order valence-electron chi connectivity index (χ0n) is 14.5. The van der Waals surface area contributed by atoms with Gasteiger partial charge in [-0.3, -0.25) is 9.69 Å². The third-order valence-corrected chi connectivity index (χ3v) is 5.29. The summed E-state index contributed by atoms with van der Waals surface area (Å²) in [6, 6.07) is 5.95. The summed E-state index contributed by atoms with van der Waals surface area (Å²) in [7, 11) is 0. The molecule has 0 radical (unpaired) electrons. The van der Waals surface area contributed by atoms with E-state index >= 15 is 0 Å². The summed E-state index contributed by atoms with van der Waals surface area (Å²) in [6.07, 6.45) is 0.946. The highest BCUT2D eigenvalue weighted by Crippen LogP contribution is 2.19. The van der Waals surface area contributed by atoms with Gasteiger partial charge in [0.25, 0.3) is 5.91 Å². The summed E-state index contributed by atoms with van der Waals surface area (Å²) in [5.41, 5.74) is 1.44. The van der Waals surface area contributed by atoms with Crippen molar-refractivity contribution in [3.8, 4) is 5.75 Å². The molecule has 1 saturated heterocycles. The van der Waals surface area contributed by atoms with Crippen molar-refractivity contribution in [2.45, 2.75) is 26.5 Å². The lowest BCUT2D eigenvalue weighted by Crippen LogP contribution is -2.48. The highest BCUT2D eigenvalue weighted by atomic mass is 32.1. The molecular weight excluding hydrogens is 360 g/mol. The topological polar surface area (TPSA) is 45.7 Å². The molecule has 0 aliphatic carbocycles. The Morgan fingerprint density at radius 2 is 2.08 bits per heavy atom. The van der Waals surface area contributed by atoms with Crippen molar-refractivity contribution in [3.63, 3.8) is 0 Å². The van der Waals surface area contributed by atoms with Crippen LogP contribution in [0.25, 0.3) is 0 Å². The van der Waals surface area contributed by atoms with Crippen molar-refractivity contribution in [2.24, 2.45) is 0 Å². The van der Waals surface area contributed by atoms with E-state index in [1.807, 2.05) is 0 Å². The number of benzene rings is 1. The Bertz CT molecular complexity index is 746. The molecule has 0 unspecified atom stereocenters. The molecule has 2 heterocycles. The number of hydrogen-bond acceptors (Lipinski definition) is 5. The van der Waals surface area contributed by atoms with Gasteiger partial charge in [0.05, 0.1) is 10.7 Å². The van der Waals surface area contributed by atoms with Gasteiger partial charge >= 0.3 is 6.61 Å². The maximum atomic E-state index is 12.6. The molecule has 0 atom stereocenters. The number of thiazole rings is 1. The number of halogens is 2. The number of aromatic nitrogens is 1. The maximum Gasteiger partial charge on any atom is 0.387 e. The summed E-state index contributed by atoms with van der Waals surface area (Å²) in [6.45, 7) is 2.70. The summed E-state index contributed by atoms with van der Waals surface area (Å²) < 4.78 is 29.0. The van der Waals surface area contributed by atoms with Gasteiger partial charge in [-0.15, -0.1) is 11.3 Å². The molecule has 1 fully saturated rings. The largest absolute Gasteiger partial charge is 0.435 e. The Balaban J connectivity index is 1.55. The standard InChI is InChI=1S/C18H21F2N3O2S/c1-2-16-21-14(12-26-16)11-22-6-8-23(9-7-22)17(24)13-4-3-5-15(10-13)25-18(19)20/h3-5,10,12,18H,2,6-9,11H2,1H3. The molecule has 140 valence electrons. The molecule has 8 heteroatoms. The number of ether oxygens (including phenoxy) is 1. The summed E-state index contributed by atoms with van der Waals surface area (Å²) >= 11 is 1.68. The quantitative estimate of drug-likeness (QED) is 0.771. The fourth-order valence-electron chi connectivity index (χ4n) is 2.91. The van der Waals surface area contributed by atoms with Gasteiger partial charge in [0.1, 0.15) is 5.75 Å². The highest BCUT2D eigenvalue weighted by molar-refractivity contribution is 7.09. The molecule has 0 bridgehead atoms.